The van der Waals surface area contributed by atoms with E-state index in [9.17, 15) is 10.4 Å². The maximum Gasteiger partial charge on any atom is 0.134 e. The zero-order valence-corrected chi connectivity index (χ0v) is 17.8. The van der Waals surface area contributed by atoms with Crippen LogP contribution in [0.5, 0.6) is 5.75 Å². The minimum Gasteiger partial charge on any atom is -0.507 e. The molecule has 0 saturated heterocycles. The van der Waals surface area contributed by atoms with Gasteiger partial charge in [0.1, 0.15) is 16.8 Å². The molecular formula is C22H28N2OS. The number of nitrogens with zero attached hydrogens (tertiary/aromatic N) is 2. The zero-order valence-electron chi connectivity index (χ0n) is 17.0. The third-order valence-electron chi connectivity index (χ3n) is 4.56. The summed E-state index contributed by atoms with van der Waals surface area (Å²) in [5, 5.41) is 20.9. The molecule has 4 heteroatoms. The van der Waals surface area contributed by atoms with Gasteiger partial charge in [0.2, 0.25) is 0 Å². The normalized spacial score (nSPS) is 12.6. The van der Waals surface area contributed by atoms with Crippen LogP contribution in [0, 0.1) is 25.2 Å². The van der Waals surface area contributed by atoms with E-state index in [1.165, 1.54) is 11.3 Å². The quantitative estimate of drug-likeness (QED) is 0.633. The van der Waals surface area contributed by atoms with E-state index in [0.717, 1.165) is 32.1 Å². The Morgan fingerprint density at radius 2 is 1.54 bits per heavy atom. The Hall–Kier alpha value is -2.12. The van der Waals surface area contributed by atoms with Gasteiger partial charge in [0.05, 0.1) is 5.56 Å². The molecule has 0 saturated carbocycles. The van der Waals surface area contributed by atoms with Crippen molar-refractivity contribution in [3.63, 3.8) is 0 Å². The van der Waals surface area contributed by atoms with Crippen LogP contribution in [0.1, 0.15) is 74.2 Å². The first kappa shape index (κ1) is 20.2. The van der Waals surface area contributed by atoms with Gasteiger partial charge in [-0.2, -0.15) is 5.26 Å². The molecule has 0 aliphatic rings. The van der Waals surface area contributed by atoms with Crippen molar-refractivity contribution in [2.75, 3.05) is 0 Å². The fourth-order valence-corrected chi connectivity index (χ4v) is 3.79. The van der Waals surface area contributed by atoms with E-state index in [-0.39, 0.29) is 10.8 Å². The summed E-state index contributed by atoms with van der Waals surface area (Å²) in [5.74, 6) is 0.364. The van der Waals surface area contributed by atoms with Crippen molar-refractivity contribution in [2.24, 2.45) is 4.99 Å². The second kappa shape index (κ2) is 6.89. The number of phenolic OH excluding ortho intramolecular Hbond substituents is 1. The van der Waals surface area contributed by atoms with Crippen molar-refractivity contribution in [3.05, 3.63) is 44.8 Å². The van der Waals surface area contributed by atoms with Crippen molar-refractivity contribution in [1.82, 2.24) is 0 Å². The van der Waals surface area contributed by atoms with E-state index in [0.29, 0.717) is 11.3 Å². The Morgan fingerprint density at radius 1 is 1.04 bits per heavy atom. The average Bonchev–Trinajstić information content (AvgIpc) is 2.78. The van der Waals surface area contributed by atoms with Crippen molar-refractivity contribution in [1.29, 1.82) is 5.26 Å². The number of benzene rings is 1. The molecule has 2 aromatic rings. The standard InChI is InChI=1S/C22H28N2OS/c1-13-14(2)26-20(16(13)11-23)24-12-15-9-17(21(3,4)5)19(25)18(10-15)22(6,7)8/h9-10,12,25H,1-8H3. The Morgan fingerprint density at radius 3 is 1.96 bits per heavy atom. The predicted octanol–water partition coefficient (Wildman–Crippen LogP) is 6.29. The second-order valence-corrected chi connectivity index (χ2v) is 10.0. The van der Waals surface area contributed by atoms with Crippen LogP contribution < -0.4 is 0 Å². The van der Waals surface area contributed by atoms with Gasteiger partial charge >= 0.3 is 0 Å². The third kappa shape index (κ3) is 3.99. The summed E-state index contributed by atoms with van der Waals surface area (Å²) in [4.78, 5) is 5.71. The minimum absolute atomic E-state index is 0.179. The van der Waals surface area contributed by atoms with E-state index in [2.05, 4.69) is 52.6 Å². The highest BCUT2D eigenvalue weighted by molar-refractivity contribution is 7.16. The molecule has 1 aromatic heterocycles. The molecule has 1 heterocycles. The smallest absolute Gasteiger partial charge is 0.134 e. The third-order valence-corrected chi connectivity index (χ3v) is 5.67. The van der Waals surface area contributed by atoms with Gasteiger partial charge in [-0.15, -0.1) is 11.3 Å². The molecule has 2 rings (SSSR count). The number of aliphatic imine (C=N–C) groups is 1. The highest BCUT2D eigenvalue weighted by Crippen LogP contribution is 2.40. The molecule has 0 aliphatic heterocycles. The van der Waals surface area contributed by atoms with Gasteiger partial charge < -0.3 is 5.11 Å². The first-order valence-electron chi connectivity index (χ1n) is 8.78. The summed E-state index contributed by atoms with van der Waals surface area (Å²) < 4.78 is 0. The van der Waals surface area contributed by atoms with Gasteiger partial charge in [0, 0.05) is 22.2 Å². The molecule has 0 amide bonds. The maximum atomic E-state index is 10.8. The summed E-state index contributed by atoms with van der Waals surface area (Å²) >= 11 is 1.54. The molecule has 0 fully saturated rings. The van der Waals surface area contributed by atoms with Gasteiger partial charge in [-0.05, 0) is 47.9 Å². The van der Waals surface area contributed by atoms with Gasteiger partial charge in [-0.25, -0.2) is 4.99 Å². The summed E-state index contributed by atoms with van der Waals surface area (Å²) in [7, 11) is 0. The topological polar surface area (TPSA) is 56.4 Å². The van der Waals surface area contributed by atoms with Crippen molar-refractivity contribution < 1.29 is 5.11 Å². The first-order valence-corrected chi connectivity index (χ1v) is 9.60. The second-order valence-electron chi connectivity index (χ2n) is 8.80. The predicted molar refractivity (Wildman–Crippen MR) is 111 cm³/mol. The van der Waals surface area contributed by atoms with E-state index in [1.807, 2.05) is 26.0 Å². The van der Waals surface area contributed by atoms with Gasteiger partial charge in [0.15, 0.2) is 0 Å². The van der Waals surface area contributed by atoms with Crippen LogP contribution in [0.2, 0.25) is 0 Å². The van der Waals surface area contributed by atoms with Crippen molar-refractivity contribution in [2.45, 2.75) is 66.2 Å². The molecule has 0 bridgehead atoms. The van der Waals surface area contributed by atoms with Crippen molar-refractivity contribution >= 4 is 22.6 Å². The molecule has 0 radical (unpaired) electrons. The number of phenols is 1. The summed E-state index contributed by atoms with van der Waals surface area (Å²) in [5.41, 5.74) is 4.04. The monoisotopic (exact) mass is 368 g/mol. The number of rotatable bonds is 2. The van der Waals surface area contributed by atoms with Gasteiger partial charge in [0.25, 0.3) is 0 Å². The van der Waals surface area contributed by atoms with Crippen LogP contribution in [0.15, 0.2) is 17.1 Å². The molecular weight excluding hydrogens is 340 g/mol. The van der Waals surface area contributed by atoms with Gasteiger partial charge in [-0.1, -0.05) is 41.5 Å². The number of aromatic hydroxyl groups is 1. The molecule has 26 heavy (non-hydrogen) atoms. The van der Waals surface area contributed by atoms with Crippen LogP contribution in [0.25, 0.3) is 0 Å². The highest BCUT2D eigenvalue weighted by atomic mass is 32.1. The number of hydrogen-bond acceptors (Lipinski definition) is 4. The van der Waals surface area contributed by atoms with Crippen LogP contribution in [-0.4, -0.2) is 11.3 Å². The van der Waals surface area contributed by atoms with E-state index < -0.39 is 0 Å². The average molecular weight is 369 g/mol. The lowest BCUT2D eigenvalue weighted by molar-refractivity contribution is 0.423. The lowest BCUT2D eigenvalue weighted by Gasteiger charge is -2.27. The molecule has 138 valence electrons. The largest absolute Gasteiger partial charge is 0.507 e. The molecule has 1 N–H and O–H groups in total. The van der Waals surface area contributed by atoms with Crippen LogP contribution in [0.3, 0.4) is 0 Å². The van der Waals surface area contributed by atoms with Crippen molar-refractivity contribution in [3.8, 4) is 11.8 Å². The fourth-order valence-electron chi connectivity index (χ4n) is 2.84. The number of hydrogen-bond donors (Lipinski definition) is 1. The fraction of sp³-hybridized carbons (Fsp3) is 0.455. The first-order chi connectivity index (χ1) is 11.9. The number of thiophene rings is 1. The van der Waals surface area contributed by atoms with Gasteiger partial charge in [-0.3, -0.25) is 0 Å². The molecule has 0 unspecified atom stereocenters. The lowest BCUT2D eigenvalue weighted by atomic mass is 9.78. The number of aryl methyl sites for hydroxylation is 1. The lowest BCUT2D eigenvalue weighted by Crippen LogP contribution is -2.17. The highest BCUT2D eigenvalue weighted by Gasteiger charge is 2.26. The van der Waals surface area contributed by atoms with Crippen LogP contribution >= 0.6 is 11.3 Å². The van der Waals surface area contributed by atoms with E-state index in [4.69, 9.17) is 0 Å². The van der Waals surface area contributed by atoms with E-state index >= 15 is 0 Å². The molecule has 0 spiro atoms. The van der Waals surface area contributed by atoms with Crippen LogP contribution in [0.4, 0.5) is 5.00 Å². The molecule has 1 aromatic carbocycles. The Kier molecular flexibility index (Phi) is 5.35. The summed E-state index contributed by atoms with van der Waals surface area (Å²) in [6.45, 7) is 16.5. The Labute approximate surface area is 161 Å². The maximum absolute atomic E-state index is 10.8. The molecule has 0 atom stereocenters. The zero-order chi connectivity index (χ0) is 19.9. The van der Waals surface area contributed by atoms with E-state index in [1.54, 1.807) is 6.21 Å². The SMILES string of the molecule is Cc1sc(N=Cc2cc(C(C)(C)C)c(O)c(C(C)(C)C)c2)c(C#N)c1C. The Bertz CT molecular complexity index is 865. The minimum atomic E-state index is -0.179. The number of nitriles is 1. The molecule has 0 aliphatic carbocycles. The summed E-state index contributed by atoms with van der Waals surface area (Å²) in [6.07, 6.45) is 1.80. The van der Waals surface area contributed by atoms with Crippen LogP contribution in [-0.2, 0) is 10.8 Å². The Balaban J connectivity index is 2.61. The molecule has 3 nitrogen and oxygen atoms in total. The summed E-state index contributed by atoms with van der Waals surface area (Å²) in [6, 6.07) is 6.25.